The van der Waals surface area contributed by atoms with Crippen LogP contribution in [-0.2, 0) is 4.57 Å². The first-order chi connectivity index (χ1) is 11.2. The summed E-state index contributed by atoms with van der Waals surface area (Å²) in [6.45, 7) is 0. The molecule has 4 heteroatoms. The molecule has 3 rings (SSSR count). The topological polar surface area (TPSA) is 26.3 Å². The van der Waals surface area contributed by atoms with Crippen molar-refractivity contribution in [3.05, 3.63) is 84.9 Å². The molecule has 0 spiro atoms. The van der Waals surface area contributed by atoms with Crippen molar-refractivity contribution in [2.45, 2.75) is 4.90 Å². The molecule has 0 fully saturated rings. The van der Waals surface area contributed by atoms with E-state index in [-0.39, 0.29) is 0 Å². The van der Waals surface area contributed by atoms with Crippen molar-refractivity contribution in [1.29, 1.82) is 0 Å². The van der Waals surface area contributed by atoms with Gasteiger partial charge < -0.3 is 9.30 Å². The van der Waals surface area contributed by atoms with Crippen LogP contribution in [-0.4, -0.2) is 7.11 Å². The first-order valence-corrected chi connectivity index (χ1v) is 10.4. The molecule has 3 aromatic rings. The van der Waals surface area contributed by atoms with Crippen LogP contribution in [0.15, 0.2) is 89.8 Å². The molecule has 0 N–H and O–H groups in total. The molecule has 0 aliphatic carbocycles. The smallest absolute Gasteiger partial charge is 0.199 e. The third kappa shape index (κ3) is 3.52. The molecule has 0 amide bonds. The number of hydrogen-bond acceptors (Lipinski definition) is 3. The second-order valence-corrected chi connectivity index (χ2v) is 9.87. The van der Waals surface area contributed by atoms with Gasteiger partial charge in [-0.2, -0.15) is 0 Å². The number of ether oxygens (including phenoxy) is 1. The van der Waals surface area contributed by atoms with Crippen LogP contribution in [0, 0.1) is 0 Å². The van der Waals surface area contributed by atoms with Gasteiger partial charge in [-0.3, -0.25) is 0 Å². The Morgan fingerprint density at radius 2 is 1.35 bits per heavy atom. The van der Waals surface area contributed by atoms with E-state index in [1.165, 1.54) is 11.4 Å². The van der Waals surface area contributed by atoms with Gasteiger partial charge in [0.25, 0.3) is 0 Å². The lowest BCUT2D eigenvalue weighted by Gasteiger charge is -2.18. The zero-order chi connectivity index (χ0) is 16.1. The maximum Gasteiger partial charge on any atom is 0.199 e. The Labute approximate surface area is 140 Å². The Morgan fingerprint density at radius 1 is 0.783 bits per heavy atom. The summed E-state index contributed by atoms with van der Waals surface area (Å²) in [5.74, 6) is 0.766. The van der Waals surface area contributed by atoms with Crippen LogP contribution >= 0.6 is 17.7 Å². The third-order valence-electron chi connectivity index (χ3n) is 3.47. The molecule has 23 heavy (non-hydrogen) atoms. The summed E-state index contributed by atoms with van der Waals surface area (Å²) >= 11 is 1.40. The predicted molar refractivity (Wildman–Crippen MR) is 98.6 cm³/mol. The number of methoxy groups -OCH3 is 1. The van der Waals surface area contributed by atoms with Gasteiger partial charge in [0.1, 0.15) is 5.75 Å². The van der Waals surface area contributed by atoms with E-state index in [0.717, 1.165) is 21.3 Å². The first kappa shape index (κ1) is 15.9. The molecule has 116 valence electrons. The lowest BCUT2D eigenvalue weighted by atomic mass is 10.3. The van der Waals surface area contributed by atoms with E-state index in [0.29, 0.717) is 0 Å². The van der Waals surface area contributed by atoms with Crippen molar-refractivity contribution in [3.63, 3.8) is 0 Å². The molecular formula is C19H17O2PS. The fourth-order valence-corrected chi connectivity index (χ4v) is 7.15. The Balaban J connectivity index is 2.08. The van der Waals surface area contributed by atoms with Crippen LogP contribution in [0.2, 0.25) is 0 Å². The minimum atomic E-state index is -2.82. The van der Waals surface area contributed by atoms with Crippen LogP contribution in [0.4, 0.5) is 0 Å². The summed E-state index contributed by atoms with van der Waals surface area (Å²) < 4.78 is 19.2. The summed E-state index contributed by atoms with van der Waals surface area (Å²) in [6, 6.07) is 27.0. The van der Waals surface area contributed by atoms with E-state index in [4.69, 9.17) is 4.74 Å². The standard InChI is InChI=1S/C19H17O2PS/c1-21-16-9-8-14-19(15-16)23-22(20,17-10-4-2-5-11-17)18-12-6-3-7-13-18/h2-15H,1H3. The molecule has 3 aromatic carbocycles. The van der Waals surface area contributed by atoms with Gasteiger partial charge in [-0.1, -0.05) is 78.1 Å². The maximum absolute atomic E-state index is 13.9. The number of hydrogen-bond donors (Lipinski definition) is 0. The van der Waals surface area contributed by atoms with Crippen LogP contribution in [0.5, 0.6) is 5.75 Å². The molecular weight excluding hydrogens is 323 g/mol. The summed E-state index contributed by atoms with van der Waals surface area (Å²) in [5, 5.41) is 1.69. The summed E-state index contributed by atoms with van der Waals surface area (Å²) in [6.07, 6.45) is -2.82. The number of benzene rings is 3. The van der Waals surface area contributed by atoms with E-state index in [9.17, 15) is 4.57 Å². The molecule has 0 atom stereocenters. The summed E-state index contributed by atoms with van der Waals surface area (Å²) in [4.78, 5) is 0.931. The van der Waals surface area contributed by atoms with Crippen LogP contribution in [0.3, 0.4) is 0 Å². The Morgan fingerprint density at radius 3 is 1.87 bits per heavy atom. The molecule has 0 aliphatic heterocycles. The second kappa shape index (κ2) is 7.08. The van der Waals surface area contributed by atoms with Gasteiger partial charge in [-0.05, 0) is 18.2 Å². The van der Waals surface area contributed by atoms with Gasteiger partial charge in [-0.15, -0.1) is 0 Å². The van der Waals surface area contributed by atoms with Gasteiger partial charge in [0.2, 0.25) is 0 Å². The summed E-state index contributed by atoms with van der Waals surface area (Å²) in [5.41, 5.74) is 0. The Hall–Kier alpha value is -1.96. The number of rotatable bonds is 5. The van der Waals surface area contributed by atoms with Crippen LogP contribution < -0.4 is 15.3 Å². The SMILES string of the molecule is COc1cccc(SP(=O)(c2ccccc2)c2ccccc2)c1. The van der Waals surface area contributed by atoms with Crippen molar-refractivity contribution in [2.24, 2.45) is 0 Å². The quantitative estimate of drug-likeness (QED) is 0.629. The Bertz CT molecular complexity index is 776. The molecule has 0 unspecified atom stereocenters. The van der Waals surface area contributed by atoms with Crippen molar-refractivity contribution in [2.75, 3.05) is 7.11 Å². The van der Waals surface area contributed by atoms with E-state index in [1.54, 1.807) is 7.11 Å². The van der Waals surface area contributed by atoms with Crippen LogP contribution in [0.1, 0.15) is 0 Å². The van der Waals surface area contributed by atoms with Crippen molar-refractivity contribution < 1.29 is 9.30 Å². The van der Waals surface area contributed by atoms with E-state index >= 15 is 0 Å². The molecule has 0 aromatic heterocycles. The fourth-order valence-electron chi connectivity index (χ4n) is 2.31. The van der Waals surface area contributed by atoms with Gasteiger partial charge in [0.05, 0.1) is 7.11 Å². The maximum atomic E-state index is 13.9. The molecule has 0 bridgehead atoms. The van der Waals surface area contributed by atoms with E-state index in [2.05, 4.69) is 0 Å². The highest BCUT2D eigenvalue weighted by Gasteiger charge is 2.28. The molecule has 0 heterocycles. The van der Waals surface area contributed by atoms with Gasteiger partial charge >= 0.3 is 0 Å². The minimum absolute atomic E-state index is 0.766. The monoisotopic (exact) mass is 340 g/mol. The predicted octanol–water partition coefficient (Wildman–Crippen LogP) is 4.72. The van der Waals surface area contributed by atoms with Gasteiger partial charge in [0.15, 0.2) is 6.34 Å². The minimum Gasteiger partial charge on any atom is -0.497 e. The second-order valence-electron chi connectivity index (χ2n) is 4.99. The summed E-state index contributed by atoms with van der Waals surface area (Å²) in [7, 11) is 1.64. The zero-order valence-electron chi connectivity index (χ0n) is 12.8. The molecule has 2 nitrogen and oxygen atoms in total. The van der Waals surface area contributed by atoms with Crippen molar-refractivity contribution in [3.8, 4) is 5.75 Å². The van der Waals surface area contributed by atoms with E-state index in [1.807, 2.05) is 84.9 Å². The third-order valence-corrected chi connectivity index (χ3v) is 8.81. The fraction of sp³-hybridized carbons (Fsp3) is 0.0526. The Kier molecular flexibility index (Phi) is 4.90. The van der Waals surface area contributed by atoms with Crippen molar-refractivity contribution in [1.82, 2.24) is 0 Å². The van der Waals surface area contributed by atoms with Crippen LogP contribution in [0.25, 0.3) is 0 Å². The highest BCUT2D eigenvalue weighted by Crippen LogP contribution is 2.59. The zero-order valence-corrected chi connectivity index (χ0v) is 14.5. The molecule has 0 aliphatic rings. The normalized spacial score (nSPS) is 11.2. The largest absolute Gasteiger partial charge is 0.497 e. The molecule has 0 saturated carbocycles. The lowest BCUT2D eigenvalue weighted by molar-refractivity contribution is 0.413. The highest BCUT2D eigenvalue weighted by molar-refractivity contribution is 8.62. The average molecular weight is 340 g/mol. The van der Waals surface area contributed by atoms with E-state index < -0.39 is 6.34 Å². The lowest BCUT2D eigenvalue weighted by Crippen LogP contribution is -2.13. The molecule has 0 saturated heterocycles. The first-order valence-electron chi connectivity index (χ1n) is 7.27. The molecule has 0 radical (unpaired) electrons. The van der Waals surface area contributed by atoms with Gasteiger partial charge in [-0.25, -0.2) is 0 Å². The van der Waals surface area contributed by atoms with Crippen molar-refractivity contribution >= 4 is 28.3 Å². The van der Waals surface area contributed by atoms with Gasteiger partial charge in [0, 0.05) is 15.5 Å². The highest BCUT2D eigenvalue weighted by atomic mass is 32.7. The average Bonchev–Trinajstić information content (AvgIpc) is 2.63.